The van der Waals surface area contributed by atoms with Gasteiger partial charge in [-0.25, -0.2) is 8.78 Å². The summed E-state index contributed by atoms with van der Waals surface area (Å²) in [6, 6.07) is 0. The van der Waals surface area contributed by atoms with Crippen LogP contribution in [0.2, 0.25) is 0 Å². The maximum Gasteiger partial charge on any atom is 0.252 e. The normalized spacial score (nSPS) is 13.2. The van der Waals surface area contributed by atoms with Crippen molar-refractivity contribution in [2.45, 2.75) is 33.2 Å². The van der Waals surface area contributed by atoms with E-state index in [1.165, 1.54) is 18.5 Å². The van der Waals surface area contributed by atoms with Gasteiger partial charge in [-0.2, -0.15) is 5.10 Å². The second kappa shape index (κ2) is 3.73. The van der Waals surface area contributed by atoms with E-state index in [2.05, 4.69) is 21.0 Å². The molecule has 2 N–H and O–H groups in total. The van der Waals surface area contributed by atoms with E-state index in [-0.39, 0.29) is 6.54 Å². The van der Waals surface area contributed by atoms with E-state index >= 15 is 0 Å². The number of nitrogens with two attached hydrogens (primary N) is 1. The van der Waals surface area contributed by atoms with Crippen LogP contribution in [0.5, 0.6) is 0 Å². The van der Waals surface area contributed by atoms with Gasteiger partial charge in [-0.05, 0) is 22.9 Å². The zero-order chi connectivity index (χ0) is 11.9. The van der Waals surface area contributed by atoms with Crippen LogP contribution in [0.1, 0.15) is 20.8 Å². The lowest BCUT2D eigenvalue weighted by molar-refractivity contribution is -0.0972. The third-order valence-electron chi connectivity index (χ3n) is 2.49. The molecule has 0 aliphatic carbocycles. The minimum atomic E-state index is -2.76. The number of nitrogens with zero attached hydrogens (tertiary/aromatic N) is 2. The molecule has 0 fully saturated rings. The van der Waals surface area contributed by atoms with Crippen molar-refractivity contribution in [1.82, 2.24) is 9.78 Å². The number of anilines is 1. The lowest BCUT2D eigenvalue weighted by Crippen LogP contribution is -2.37. The SMILES string of the molecule is CC(F)(F)C(C)(C)Cn1cc(Br)c(N)n1. The third kappa shape index (κ3) is 2.68. The van der Waals surface area contributed by atoms with Gasteiger partial charge < -0.3 is 5.73 Å². The number of hydrogen-bond donors (Lipinski definition) is 1. The van der Waals surface area contributed by atoms with Crippen molar-refractivity contribution >= 4 is 21.7 Å². The fraction of sp³-hybridized carbons (Fsp3) is 0.667. The lowest BCUT2D eigenvalue weighted by atomic mass is 9.86. The van der Waals surface area contributed by atoms with Gasteiger partial charge in [0.1, 0.15) is 0 Å². The number of aromatic nitrogens is 2. The molecule has 0 atom stereocenters. The zero-order valence-electron chi connectivity index (χ0n) is 8.89. The Hall–Kier alpha value is -0.650. The summed E-state index contributed by atoms with van der Waals surface area (Å²) < 4.78 is 28.5. The summed E-state index contributed by atoms with van der Waals surface area (Å²) in [5, 5.41) is 3.92. The average Bonchev–Trinajstić information content (AvgIpc) is 2.27. The van der Waals surface area contributed by atoms with Crippen LogP contribution in [0.3, 0.4) is 0 Å². The Balaban J connectivity index is 2.86. The highest BCUT2D eigenvalue weighted by Gasteiger charge is 2.42. The molecular formula is C9H14BrF2N3. The molecule has 0 aromatic carbocycles. The van der Waals surface area contributed by atoms with Crippen molar-refractivity contribution < 1.29 is 8.78 Å². The van der Waals surface area contributed by atoms with E-state index in [0.717, 1.165) is 6.92 Å². The van der Waals surface area contributed by atoms with Gasteiger partial charge in [0.2, 0.25) is 0 Å². The highest BCUT2D eigenvalue weighted by atomic mass is 79.9. The Labute approximate surface area is 95.8 Å². The van der Waals surface area contributed by atoms with Crippen LogP contribution in [-0.4, -0.2) is 15.7 Å². The van der Waals surface area contributed by atoms with Crippen molar-refractivity contribution in [1.29, 1.82) is 0 Å². The second-order valence-corrected chi connectivity index (χ2v) is 5.19. The van der Waals surface area contributed by atoms with Crippen LogP contribution < -0.4 is 5.73 Å². The topological polar surface area (TPSA) is 43.8 Å². The van der Waals surface area contributed by atoms with Crippen LogP contribution in [-0.2, 0) is 6.54 Å². The molecule has 1 rings (SSSR count). The molecule has 0 saturated carbocycles. The fourth-order valence-corrected chi connectivity index (χ4v) is 1.35. The highest BCUT2D eigenvalue weighted by molar-refractivity contribution is 9.10. The maximum atomic E-state index is 13.2. The van der Waals surface area contributed by atoms with Gasteiger partial charge in [0.05, 0.1) is 11.0 Å². The zero-order valence-corrected chi connectivity index (χ0v) is 10.5. The molecule has 6 heteroatoms. The van der Waals surface area contributed by atoms with Gasteiger partial charge in [0.25, 0.3) is 5.92 Å². The predicted octanol–water partition coefficient (Wildman–Crippen LogP) is 2.91. The largest absolute Gasteiger partial charge is 0.381 e. The Morgan fingerprint density at radius 1 is 1.47 bits per heavy atom. The fourth-order valence-electron chi connectivity index (χ4n) is 1.04. The molecule has 0 bridgehead atoms. The van der Waals surface area contributed by atoms with Gasteiger partial charge in [0, 0.05) is 11.6 Å². The van der Waals surface area contributed by atoms with Crippen LogP contribution in [0.25, 0.3) is 0 Å². The van der Waals surface area contributed by atoms with Crippen LogP contribution in [0, 0.1) is 5.41 Å². The smallest absolute Gasteiger partial charge is 0.252 e. The summed E-state index contributed by atoms with van der Waals surface area (Å²) in [4.78, 5) is 0. The first-order valence-corrected chi connectivity index (χ1v) is 5.29. The van der Waals surface area contributed by atoms with Crippen molar-refractivity contribution in [2.24, 2.45) is 5.41 Å². The summed E-state index contributed by atoms with van der Waals surface area (Å²) in [7, 11) is 0. The number of hydrogen-bond acceptors (Lipinski definition) is 2. The lowest BCUT2D eigenvalue weighted by Gasteiger charge is -2.31. The molecule has 0 aliphatic rings. The Kier molecular flexibility index (Phi) is 3.09. The van der Waals surface area contributed by atoms with Gasteiger partial charge in [-0.15, -0.1) is 0 Å². The summed E-state index contributed by atoms with van der Waals surface area (Å²) in [6.45, 7) is 4.03. The van der Waals surface area contributed by atoms with Crippen LogP contribution in [0.4, 0.5) is 14.6 Å². The minimum absolute atomic E-state index is 0.117. The predicted molar refractivity (Wildman–Crippen MR) is 58.7 cm³/mol. The molecule has 0 unspecified atom stereocenters. The van der Waals surface area contributed by atoms with E-state index in [0.29, 0.717) is 10.3 Å². The number of alkyl halides is 2. The Bertz CT molecular complexity index is 335. The highest BCUT2D eigenvalue weighted by Crippen LogP contribution is 2.37. The number of rotatable bonds is 3. The van der Waals surface area contributed by atoms with Crippen LogP contribution in [0.15, 0.2) is 10.7 Å². The molecule has 1 heterocycles. The molecular weight excluding hydrogens is 268 g/mol. The van der Waals surface area contributed by atoms with E-state index in [1.54, 1.807) is 6.20 Å². The molecule has 0 radical (unpaired) electrons. The van der Waals surface area contributed by atoms with Crippen molar-refractivity contribution in [2.75, 3.05) is 5.73 Å². The van der Waals surface area contributed by atoms with E-state index < -0.39 is 11.3 Å². The molecule has 3 nitrogen and oxygen atoms in total. The first kappa shape index (κ1) is 12.4. The van der Waals surface area contributed by atoms with E-state index in [4.69, 9.17) is 5.73 Å². The van der Waals surface area contributed by atoms with Gasteiger partial charge >= 0.3 is 0 Å². The first-order valence-electron chi connectivity index (χ1n) is 4.50. The number of nitrogen functional groups attached to an aromatic ring is 1. The average molecular weight is 282 g/mol. The summed E-state index contributed by atoms with van der Waals surface area (Å²) in [5.41, 5.74) is 4.34. The van der Waals surface area contributed by atoms with Gasteiger partial charge in [-0.3, -0.25) is 4.68 Å². The second-order valence-electron chi connectivity index (χ2n) is 4.33. The first-order chi connectivity index (χ1) is 6.63. The van der Waals surface area contributed by atoms with Crippen molar-refractivity contribution in [3.8, 4) is 0 Å². The van der Waals surface area contributed by atoms with E-state index in [9.17, 15) is 8.78 Å². The number of halogens is 3. The molecule has 86 valence electrons. The van der Waals surface area contributed by atoms with Gasteiger partial charge in [0.15, 0.2) is 5.82 Å². The Morgan fingerprint density at radius 3 is 2.33 bits per heavy atom. The summed E-state index contributed by atoms with van der Waals surface area (Å²) in [5.74, 6) is -2.45. The molecule has 0 saturated heterocycles. The molecule has 0 aliphatic heterocycles. The summed E-state index contributed by atoms with van der Waals surface area (Å²) in [6.07, 6.45) is 1.60. The van der Waals surface area contributed by atoms with Gasteiger partial charge in [-0.1, -0.05) is 13.8 Å². The molecule has 15 heavy (non-hydrogen) atoms. The Morgan fingerprint density at radius 2 is 2.00 bits per heavy atom. The molecule has 0 spiro atoms. The van der Waals surface area contributed by atoms with Crippen molar-refractivity contribution in [3.63, 3.8) is 0 Å². The minimum Gasteiger partial charge on any atom is -0.381 e. The monoisotopic (exact) mass is 281 g/mol. The van der Waals surface area contributed by atoms with E-state index in [1.807, 2.05) is 0 Å². The quantitative estimate of drug-likeness (QED) is 0.926. The molecule has 0 amide bonds. The van der Waals surface area contributed by atoms with Crippen molar-refractivity contribution in [3.05, 3.63) is 10.7 Å². The standard InChI is InChI=1S/C9H14BrF2N3/c1-8(2,9(3,11)12)5-15-4-6(10)7(13)14-15/h4H,5H2,1-3H3,(H2,13,14). The van der Waals surface area contributed by atoms with Crippen LogP contribution >= 0.6 is 15.9 Å². The summed E-state index contributed by atoms with van der Waals surface area (Å²) >= 11 is 3.18. The molecule has 1 aromatic rings. The third-order valence-corrected chi connectivity index (χ3v) is 3.10. The molecule has 1 aromatic heterocycles. The maximum absolute atomic E-state index is 13.2.